The van der Waals surface area contributed by atoms with E-state index in [4.69, 9.17) is 0 Å². The number of carboxylic acids is 1. The second-order valence-corrected chi connectivity index (χ2v) is 13.0. The molecule has 1 saturated carbocycles. The first-order valence-corrected chi connectivity index (χ1v) is 15.4. The van der Waals surface area contributed by atoms with Crippen molar-refractivity contribution in [2.45, 2.75) is 43.0 Å². The lowest BCUT2D eigenvalue weighted by atomic mass is 9.95. The first-order valence-electron chi connectivity index (χ1n) is 12.8. The summed E-state index contributed by atoms with van der Waals surface area (Å²) in [6.07, 6.45) is 4.94. The number of thioether (sulfide) groups is 1. The lowest BCUT2D eigenvalue weighted by Crippen LogP contribution is -2.25. The van der Waals surface area contributed by atoms with Crippen LogP contribution in [0.2, 0.25) is 0 Å². The van der Waals surface area contributed by atoms with Crippen molar-refractivity contribution < 1.29 is 9.90 Å². The number of rotatable bonds is 7. The Kier molecular flexibility index (Phi) is 6.87. The molecule has 0 spiro atoms. The van der Waals surface area contributed by atoms with Gasteiger partial charge in [-0.1, -0.05) is 31.5 Å². The molecule has 7 heteroatoms. The monoisotopic (exact) mass is 554 g/mol. The summed E-state index contributed by atoms with van der Waals surface area (Å²) in [6, 6.07) is 26.1. The third-order valence-corrected chi connectivity index (χ3v) is 10.6. The van der Waals surface area contributed by atoms with Crippen LogP contribution in [-0.2, 0) is 4.79 Å². The number of hydrogen-bond acceptors (Lipinski definition) is 6. The zero-order valence-corrected chi connectivity index (χ0v) is 23.3. The van der Waals surface area contributed by atoms with Gasteiger partial charge in [0, 0.05) is 37.2 Å². The molecule has 4 aromatic rings. The molecule has 1 aliphatic heterocycles. The molecule has 2 aromatic heterocycles. The van der Waals surface area contributed by atoms with Gasteiger partial charge >= 0.3 is 5.97 Å². The second-order valence-electron chi connectivity index (χ2n) is 9.53. The van der Waals surface area contributed by atoms with Crippen LogP contribution in [0.15, 0.2) is 77.2 Å². The van der Waals surface area contributed by atoms with Gasteiger partial charge in [-0.2, -0.15) is 5.26 Å². The third-order valence-electron chi connectivity index (χ3n) is 7.31. The molecule has 0 amide bonds. The van der Waals surface area contributed by atoms with Gasteiger partial charge in [0.2, 0.25) is 0 Å². The minimum absolute atomic E-state index is 0.239. The van der Waals surface area contributed by atoms with Crippen LogP contribution in [0.25, 0.3) is 26.3 Å². The molecule has 190 valence electrons. The number of nitrogens with zero attached hydrogens (tertiary/aromatic N) is 2. The molecule has 0 bridgehead atoms. The number of aliphatic carboxylic acids is 1. The Morgan fingerprint density at radius 1 is 1.05 bits per heavy atom. The van der Waals surface area contributed by atoms with Gasteiger partial charge in [-0.25, -0.2) is 4.79 Å². The van der Waals surface area contributed by atoms with E-state index in [0.29, 0.717) is 12.0 Å². The lowest BCUT2D eigenvalue weighted by Gasteiger charge is -2.25. The van der Waals surface area contributed by atoms with Crippen LogP contribution in [0.5, 0.6) is 0 Å². The number of carbonyl (C=O) groups is 1. The van der Waals surface area contributed by atoms with Crippen molar-refractivity contribution >= 4 is 57.2 Å². The molecule has 2 aliphatic rings. The fourth-order valence-corrected chi connectivity index (χ4v) is 8.50. The van der Waals surface area contributed by atoms with Gasteiger partial charge in [-0.3, -0.25) is 0 Å². The second kappa shape index (κ2) is 10.5. The minimum Gasteiger partial charge on any atom is -0.477 e. The Morgan fingerprint density at radius 3 is 2.58 bits per heavy atom. The van der Waals surface area contributed by atoms with E-state index in [0.717, 1.165) is 24.2 Å². The van der Waals surface area contributed by atoms with Crippen molar-refractivity contribution in [1.82, 2.24) is 0 Å². The van der Waals surface area contributed by atoms with E-state index in [1.165, 1.54) is 53.8 Å². The number of thiophene rings is 2. The molecule has 0 saturated heterocycles. The van der Waals surface area contributed by atoms with E-state index in [-0.39, 0.29) is 5.57 Å². The minimum atomic E-state index is -1.19. The quantitative estimate of drug-likeness (QED) is 0.140. The number of hydrogen-bond donors (Lipinski definition) is 1. The fraction of sp³-hybridized carbons (Fsp3) is 0.226. The van der Waals surface area contributed by atoms with E-state index in [1.807, 2.05) is 40.5 Å². The summed E-state index contributed by atoms with van der Waals surface area (Å²) in [5.41, 5.74) is 4.26. The lowest BCUT2D eigenvalue weighted by molar-refractivity contribution is -0.132. The van der Waals surface area contributed by atoms with Crippen LogP contribution in [0.4, 0.5) is 10.7 Å². The molecule has 3 heterocycles. The Bertz CT molecular complexity index is 1580. The number of fused-ring (bicyclic) bond motifs is 3. The van der Waals surface area contributed by atoms with Gasteiger partial charge in [-0.05, 0) is 89.9 Å². The predicted molar refractivity (Wildman–Crippen MR) is 160 cm³/mol. The van der Waals surface area contributed by atoms with Crippen molar-refractivity contribution in [2.75, 3.05) is 10.7 Å². The summed E-state index contributed by atoms with van der Waals surface area (Å²) in [5, 5.41) is 19.7. The molecule has 6 rings (SSSR count). The van der Waals surface area contributed by atoms with Crippen LogP contribution in [0.3, 0.4) is 0 Å². The molecular formula is C31H26N2O2S3. The Labute approximate surface area is 234 Å². The standard InChI is InChI=1S/C31H26N2O2S3/c1-2-36-22-9-7-20(8-10-22)27-12-13-28(37-27)29-14-15-30(38-29)33-25-5-3-4-23(25)24-17-19(6-11-26(24)33)16-21(18-32)31(34)35/h6-17,23,25H,2-5H2,1H3,(H,34,35)/b21-16+. The average molecular weight is 555 g/mol. The number of carboxylic acid groups (broad SMARTS) is 1. The zero-order valence-electron chi connectivity index (χ0n) is 20.9. The van der Waals surface area contributed by atoms with Crippen molar-refractivity contribution in [2.24, 2.45) is 0 Å². The molecule has 2 unspecified atom stereocenters. The summed E-state index contributed by atoms with van der Waals surface area (Å²) in [6.45, 7) is 2.18. The highest BCUT2D eigenvalue weighted by Crippen LogP contribution is 2.54. The molecule has 1 fully saturated rings. The molecule has 38 heavy (non-hydrogen) atoms. The molecule has 0 radical (unpaired) electrons. The predicted octanol–water partition coefficient (Wildman–Crippen LogP) is 9.03. The summed E-state index contributed by atoms with van der Waals surface area (Å²) < 4.78 is 0. The van der Waals surface area contributed by atoms with Crippen LogP contribution < -0.4 is 4.90 Å². The van der Waals surface area contributed by atoms with E-state index in [9.17, 15) is 15.2 Å². The third kappa shape index (κ3) is 4.58. The van der Waals surface area contributed by atoms with E-state index in [2.05, 4.69) is 72.5 Å². The van der Waals surface area contributed by atoms with Gasteiger partial charge < -0.3 is 10.0 Å². The largest absolute Gasteiger partial charge is 0.477 e. The maximum absolute atomic E-state index is 11.3. The van der Waals surface area contributed by atoms with Crippen molar-refractivity contribution in [1.29, 1.82) is 5.26 Å². The Balaban J connectivity index is 1.29. The Hall–Kier alpha value is -3.31. The molecule has 2 atom stereocenters. The van der Waals surface area contributed by atoms with Crippen LogP contribution >= 0.6 is 34.4 Å². The SMILES string of the molecule is CCSc1ccc(-c2ccc(-c3ccc(N4c5ccc(/C=C(\C#N)C(=O)O)cc5C5CCCC54)s3)s2)cc1. The number of anilines is 2. The van der Waals surface area contributed by atoms with E-state index >= 15 is 0 Å². The molecular weight excluding hydrogens is 529 g/mol. The first kappa shape index (κ1) is 25.0. The summed E-state index contributed by atoms with van der Waals surface area (Å²) in [5.74, 6) is 0.322. The van der Waals surface area contributed by atoms with Crippen molar-refractivity contribution in [3.8, 4) is 26.3 Å². The molecule has 1 N–H and O–H groups in total. The summed E-state index contributed by atoms with van der Waals surface area (Å²) >= 11 is 5.54. The smallest absolute Gasteiger partial charge is 0.346 e. The summed E-state index contributed by atoms with van der Waals surface area (Å²) in [4.78, 5) is 19.0. The highest BCUT2D eigenvalue weighted by molar-refractivity contribution is 7.99. The van der Waals surface area contributed by atoms with Gasteiger partial charge in [0.1, 0.15) is 11.6 Å². The normalized spacial score (nSPS) is 18.3. The molecule has 2 aromatic carbocycles. The highest BCUT2D eigenvalue weighted by atomic mass is 32.2. The van der Waals surface area contributed by atoms with Gasteiger partial charge in [-0.15, -0.1) is 34.4 Å². The van der Waals surface area contributed by atoms with E-state index in [1.54, 1.807) is 6.07 Å². The maximum Gasteiger partial charge on any atom is 0.346 e. The van der Waals surface area contributed by atoms with Crippen LogP contribution in [0.1, 0.15) is 43.2 Å². The van der Waals surface area contributed by atoms with Crippen LogP contribution in [-0.4, -0.2) is 22.9 Å². The molecule has 1 aliphatic carbocycles. The van der Waals surface area contributed by atoms with Crippen molar-refractivity contribution in [3.63, 3.8) is 0 Å². The van der Waals surface area contributed by atoms with Gasteiger partial charge in [0.05, 0.1) is 5.00 Å². The topological polar surface area (TPSA) is 64.3 Å². The van der Waals surface area contributed by atoms with Gasteiger partial charge in [0.25, 0.3) is 0 Å². The van der Waals surface area contributed by atoms with Crippen LogP contribution in [0, 0.1) is 11.3 Å². The number of benzene rings is 2. The highest BCUT2D eigenvalue weighted by Gasteiger charge is 2.42. The summed E-state index contributed by atoms with van der Waals surface area (Å²) in [7, 11) is 0. The van der Waals surface area contributed by atoms with Crippen molar-refractivity contribution in [3.05, 3.63) is 83.4 Å². The van der Waals surface area contributed by atoms with Gasteiger partial charge in [0.15, 0.2) is 0 Å². The maximum atomic E-state index is 11.3. The number of nitriles is 1. The first-order chi connectivity index (χ1) is 18.6. The fourth-order valence-electron chi connectivity index (χ4n) is 5.66. The average Bonchev–Trinajstić information content (AvgIpc) is 3.72. The van der Waals surface area contributed by atoms with E-state index < -0.39 is 5.97 Å². The Morgan fingerprint density at radius 2 is 1.82 bits per heavy atom. The molecule has 4 nitrogen and oxygen atoms in total. The zero-order chi connectivity index (χ0) is 26.2.